The van der Waals surface area contributed by atoms with Crippen molar-refractivity contribution in [3.8, 4) is 0 Å². The Kier molecular flexibility index (Phi) is 420. The van der Waals surface area contributed by atoms with Crippen LogP contribution in [0.15, 0.2) is 0 Å². The molecule has 0 saturated carbocycles. The zero-order valence-corrected chi connectivity index (χ0v) is 4.98. The molecule has 0 saturated heterocycles. The van der Waals surface area contributed by atoms with Crippen molar-refractivity contribution in [2.75, 3.05) is 0 Å². The topological polar surface area (TPSA) is 192 Å². The molecule has 0 rings (SSSR count). The van der Waals surface area contributed by atoms with Gasteiger partial charge in [-0.2, -0.15) is 0 Å². The fraction of sp³-hybridized carbons (Fsp3) is 0. The van der Waals surface area contributed by atoms with Crippen molar-refractivity contribution < 1.29 is 43.5 Å². The predicted octanol–water partition coefficient (Wildman–Crippen LogP) is -3.54. The Hall–Kier alpha value is -0.466. The second-order valence-corrected chi connectivity index (χ2v) is 0.224. The van der Waals surface area contributed by atoms with Crippen molar-refractivity contribution in [1.29, 1.82) is 0 Å². The molecular formula is H8NNiO7+. The molecule has 8 nitrogen and oxygen atoms in total. The van der Waals surface area contributed by atoms with E-state index >= 15 is 0 Å². The van der Waals surface area contributed by atoms with Crippen molar-refractivity contribution in [3.05, 3.63) is 15.3 Å². The normalized spacial score (nSPS) is 2.67. The summed E-state index contributed by atoms with van der Waals surface area (Å²) >= 11 is 0. The molecule has 0 spiro atoms. The van der Waals surface area contributed by atoms with E-state index in [4.69, 9.17) is 15.3 Å². The van der Waals surface area contributed by atoms with Crippen LogP contribution >= 0.6 is 0 Å². The molecule has 9 heavy (non-hydrogen) atoms. The Morgan fingerprint density at radius 3 is 0.889 bits per heavy atom. The van der Waals surface area contributed by atoms with Crippen LogP contribution in [-0.2, 0) is 16.5 Å². The molecular weight excluding hydrogens is 185 g/mol. The largest absolute Gasteiger partial charge is 2.00 e. The molecule has 0 aliphatic carbocycles. The third kappa shape index (κ3) is 1060. The van der Waals surface area contributed by atoms with Gasteiger partial charge in [0.05, 0.1) is 5.09 Å². The third-order valence-corrected chi connectivity index (χ3v) is 0. The van der Waals surface area contributed by atoms with Crippen LogP contribution in [0, 0.1) is 15.3 Å². The Bertz CT molecular complexity index is 31.9. The molecule has 0 heterocycles. The van der Waals surface area contributed by atoms with Crippen LogP contribution in [0.25, 0.3) is 0 Å². The summed E-state index contributed by atoms with van der Waals surface area (Å²) in [4.78, 5) is 8.25. The van der Waals surface area contributed by atoms with E-state index in [2.05, 4.69) is 0 Å². The first-order valence-corrected chi connectivity index (χ1v) is 0.548. The molecule has 0 bridgehead atoms. The standard InChI is InChI=1S/NO3.Ni.4H2O/c2-1(3)4;;;;;/h;;4*1H2/q-1;+2;;;;. The number of nitrogens with zero attached hydrogens (tertiary/aromatic N) is 1. The van der Waals surface area contributed by atoms with Crippen molar-refractivity contribution in [2.24, 2.45) is 0 Å². The zero-order chi connectivity index (χ0) is 3.58. The van der Waals surface area contributed by atoms with Crippen molar-refractivity contribution in [3.63, 3.8) is 0 Å². The summed E-state index contributed by atoms with van der Waals surface area (Å²) in [6, 6.07) is 0. The van der Waals surface area contributed by atoms with Gasteiger partial charge < -0.3 is 37.2 Å². The van der Waals surface area contributed by atoms with Gasteiger partial charge in [0, 0.05) is 0 Å². The minimum atomic E-state index is -1.75. The van der Waals surface area contributed by atoms with E-state index in [1.54, 1.807) is 0 Å². The van der Waals surface area contributed by atoms with Gasteiger partial charge in [0.25, 0.3) is 0 Å². The van der Waals surface area contributed by atoms with E-state index in [9.17, 15) is 0 Å². The molecule has 0 aliphatic heterocycles. The predicted molar refractivity (Wildman–Crippen MR) is 24.8 cm³/mol. The van der Waals surface area contributed by atoms with E-state index in [-0.39, 0.29) is 38.4 Å². The summed E-state index contributed by atoms with van der Waals surface area (Å²) in [5.41, 5.74) is 0. The summed E-state index contributed by atoms with van der Waals surface area (Å²) in [6.45, 7) is 0. The minimum absolute atomic E-state index is 0. The Labute approximate surface area is 59.7 Å². The maximum Gasteiger partial charge on any atom is 2.00 e. The molecule has 9 heteroatoms. The summed E-state index contributed by atoms with van der Waals surface area (Å²) in [5, 5.41) is 14.8. The fourth-order valence-electron chi connectivity index (χ4n) is 0. The van der Waals surface area contributed by atoms with Gasteiger partial charge in [-0.15, -0.1) is 0 Å². The molecule has 0 amide bonds. The van der Waals surface area contributed by atoms with Crippen molar-refractivity contribution in [1.82, 2.24) is 0 Å². The van der Waals surface area contributed by atoms with E-state index in [0.29, 0.717) is 0 Å². The summed E-state index contributed by atoms with van der Waals surface area (Å²) in [5.74, 6) is 0. The summed E-state index contributed by atoms with van der Waals surface area (Å²) in [6.07, 6.45) is 0. The van der Waals surface area contributed by atoms with E-state index in [0.717, 1.165) is 0 Å². The van der Waals surface area contributed by atoms with Gasteiger partial charge in [-0.1, -0.05) is 0 Å². The maximum absolute atomic E-state index is 8.25. The van der Waals surface area contributed by atoms with Crippen LogP contribution in [-0.4, -0.2) is 27.0 Å². The molecule has 0 atom stereocenters. The van der Waals surface area contributed by atoms with E-state index < -0.39 is 5.09 Å². The van der Waals surface area contributed by atoms with Crippen LogP contribution in [0.4, 0.5) is 0 Å². The first-order chi connectivity index (χ1) is 1.73. The molecule has 64 valence electrons. The number of hydrogen-bond acceptors (Lipinski definition) is 3. The quantitative estimate of drug-likeness (QED) is 0.218. The average molecular weight is 193 g/mol. The second kappa shape index (κ2) is 50.1. The van der Waals surface area contributed by atoms with Crippen LogP contribution in [0.3, 0.4) is 0 Å². The van der Waals surface area contributed by atoms with Gasteiger partial charge in [0.2, 0.25) is 0 Å². The van der Waals surface area contributed by atoms with E-state index in [1.165, 1.54) is 0 Å². The van der Waals surface area contributed by atoms with Crippen LogP contribution in [0.5, 0.6) is 0 Å². The smallest absolute Gasteiger partial charge is 0.412 e. The first-order valence-electron chi connectivity index (χ1n) is 0.548. The summed E-state index contributed by atoms with van der Waals surface area (Å²) < 4.78 is 0. The first kappa shape index (κ1) is 75.5. The van der Waals surface area contributed by atoms with Gasteiger partial charge in [0.15, 0.2) is 0 Å². The fourth-order valence-corrected chi connectivity index (χ4v) is 0. The van der Waals surface area contributed by atoms with Gasteiger partial charge in [-0.25, -0.2) is 0 Å². The molecule has 0 unspecified atom stereocenters. The SMILES string of the molecule is O.O.O.O.O=[N+]([O-])[O-].[Ni+2]. The van der Waals surface area contributed by atoms with E-state index in [1.807, 2.05) is 0 Å². The van der Waals surface area contributed by atoms with Crippen LogP contribution in [0.1, 0.15) is 0 Å². The average Bonchev–Trinajstić information content (AvgIpc) is 0.811. The molecule has 0 aliphatic rings. The van der Waals surface area contributed by atoms with Gasteiger partial charge in [-0.3, -0.25) is 0 Å². The Balaban J connectivity index is -0.00000000450. The Morgan fingerprint density at radius 1 is 0.889 bits per heavy atom. The number of hydrogen-bond donors (Lipinski definition) is 0. The van der Waals surface area contributed by atoms with Gasteiger partial charge in [-0.05, 0) is 0 Å². The van der Waals surface area contributed by atoms with Crippen LogP contribution < -0.4 is 0 Å². The van der Waals surface area contributed by atoms with Crippen LogP contribution in [0.2, 0.25) is 0 Å². The monoisotopic (exact) mass is 192 g/mol. The Morgan fingerprint density at radius 2 is 0.889 bits per heavy atom. The molecule has 0 aromatic heterocycles. The summed E-state index contributed by atoms with van der Waals surface area (Å²) in [7, 11) is 0. The second-order valence-electron chi connectivity index (χ2n) is 0.224. The maximum atomic E-state index is 8.25. The molecule has 0 aromatic rings. The third-order valence-electron chi connectivity index (χ3n) is 0. The molecule has 8 N–H and O–H groups in total. The van der Waals surface area contributed by atoms with Crippen molar-refractivity contribution in [2.45, 2.75) is 0 Å². The molecule has 0 radical (unpaired) electrons. The molecule has 0 fully saturated rings. The number of rotatable bonds is 0. The van der Waals surface area contributed by atoms with Crippen molar-refractivity contribution >= 4 is 0 Å². The van der Waals surface area contributed by atoms with Gasteiger partial charge >= 0.3 is 16.5 Å². The minimum Gasteiger partial charge on any atom is -0.412 e. The molecule has 0 aromatic carbocycles. The zero-order valence-electron chi connectivity index (χ0n) is 3.99. The van der Waals surface area contributed by atoms with Gasteiger partial charge in [0.1, 0.15) is 0 Å².